The maximum absolute atomic E-state index is 13.7. The molecule has 0 atom stereocenters. The first-order valence-corrected chi connectivity index (χ1v) is 6.95. The monoisotopic (exact) mass is 288 g/mol. The molecule has 0 unspecified atom stereocenters. The summed E-state index contributed by atoms with van der Waals surface area (Å²) in [4.78, 5) is 0.0775. The molecule has 0 aromatic heterocycles. The van der Waals surface area contributed by atoms with Crippen LogP contribution in [0.4, 0.5) is 10.1 Å². The Hall–Kier alpha value is -1.94. The van der Waals surface area contributed by atoms with Gasteiger partial charge < -0.3 is 11.1 Å². The van der Waals surface area contributed by atoms with Crippen molar-refractivity contribution in [1.82, 2.24) is 0 Å². The Kier molecular flexibility index (Phi) is 5.07. The summed E-state index contributed by atoms with van der Waals surface area (Å²) in [6.45, 7) is 0.744. The van der Waals surface area contributed by atoms with Crippen LogP contribution in [-0.2, 0) is 6.42 Å². The van der Waals surface area contributed by atoms with Gasteiger partial charge in [-0.15, -0.1) is 0 Å². The SMILES string of the molecule is NC(=S)c1c(F)cccc1NCCCc1ccccc1. The molecule has 0 saturated heterocycles. The summed E-state index contributed by atoms with van der Waals surface area (Å²) in [6, 6.07) is 15.1. The zero-order valence-corrected chi connectivity index (χ0v) is 11.9. The van der Waals surface area contributed by atoms with Crippen LogP contribution in [-0.4, -0.2) is 11.5 Å². The zero-order valence-electron chi connectivity index (χ0n) is 11.1. The van der Waals surface area contributed by atoms with Gasteiger partial charge in [0, 0.05) is 12.2 Å². The minimum Gasteiger partial charge on any atom is -0.389 e. The van der Waals surface area contributed by atoms with E-state index in [1.807, 2.05) is 18.2 Å². The lowest BCUT2D eigenvalue weighted by atomic mass is 10.1. The second-order valence-electron chi connectivity index (χ2n) is 4.54. The molecule has 2 aromatic rings. The summed E-state index contributed by atoms with van der Waals surface area (Å²) < 4.78 is 13.7. The van der Waals surface area contributed by atoms with Gasteiger partial charge >= 0.3 is 0 Å². The van der Waals surface area contributed by atoms with Gasteiger partial charge in [-0.1, -0.05) is 48.6 Å². The highest BCUT2D eigenvalue weighted by molar-refractivity contribution is 7.80. The minimum absolute atomic E-state index is 0.0775. The van der Waals surface area contributed by atoms with E-state index in [9.17, 15) is 4.39 Å². The standard InChI is InChI=1S/C16H17FN2S/c17-13-9-4-10-14(15(13)16(18)20)19-11-5-8-12-6-2-1-3-7-12/h1-4,6-7,9-10,19H,5,8,11H2,(H2,18,20). The Labute approximate surface area is 123 Å². The maximum Gasteiger partial charge on any atom is 0.135 e. The number of rotatable bonds is 6. The van der Waals surface area contributed by atoms with E-state index >= 15 is 0 Å². The highest BCUT2D eigenvalue weighted by Gasteiger charge is 2.10. The Morgan fingerprint density at radius 2 is 1.85 bits per heavy atom. The minimum atomic E-state index is -0.384. The highest BCUT2D eigenvalue weighted by atomic mass is 32.1. The molecule has 0 aliphatic rings. The third-order valence-electron chi connectivity index (χ3n) is 3.06. The zero-order chi connectivity index (χ0) is 14.4. The Balaban J connectivity index is 1.92. The van der Waals surface area contributed by atoms with Crippen molar-refractivity contribution in [3.05, 3.63) is 65.5 Å². The average Bonchev–Trinajstić information content (AvgIpc) is 2.44. The van der Waals surface area contributed by atoms with E-state index in [0.717, 1.165) is 19.4 Å². The lowest BCUT2D eigenvalue weighted by Gasteiger charge is -2.11. The van der Waals surface area contributed by atoms with E-state index in [0.29, 0.717) is 11.3 Å². The lowest BCUT2D eigenvalue weighted by Crippen LogP contribution is -2.16. The maximum atomic E-state index is 13.7. The number of nitrogens with one attached hydrogen (secondary N) is 1. The Morgan fingerprint density at radius 1 is 1.10 bits per heavy atom. The van der Waals surface area contributed by atoms with Crippen LogP contribution in [0.1, 0.15) is 17.5 Å². The molecule has 2 rings (SSSR count). The van der Waals surface area contributed by atoms with Crippen LogP contribution < -0.4 is 11.1 Å². The topological polar surface area (TPSA) is 38.0 Å². The third kappa shape index (κ3) is 3.78. The van der Waals surface area contributed by atoms with E-state index in [1.165, 1.54) is 11.6 Å². The third-order valence-corrected chi connectivity index (χ3v) is 3.26. The van der Waals surface area contributed by atoms with Crippen LogP contribution >= 0.6 is 12.2 Å². The van der Waals surface area contributed by atoms with Crippen LogP contribution in [0.25, 0.3) is 0 Å². The van der Waals surface area contributed by atoms with E-state index in [-0.39, 0.29) is 10.8 Å². The van der Waals surface area contributed by atoms with Gasteiger partial charge in [-0.2, -0.15) is 0 Å². The molecule has 0 saturated carbocycles. The molecule has 2 nitrogen and oxygen atoms in total. The molecule has 2 aromatic carbocycles. The van der Waals surface area contributed by atoms with Gasteiger partial charge in [0.25, 0.3) is 0 Å². The Bertz CT molecular complexity index is 584. The molecule has 104 valence electrons. The molecule has 0 fully saturated rings. The predicted molar refractivity (Wildman–Crippen MR) is 85.5 cm³/mol. The fraction of sp³-hybridized carbons (Fsp3) is 0.188. The van der Waals surface area contributed by atoms with Crippen LogP contribution in [0.15, 0.2) is 48.5 Å². The number of anilines is 1. The first-order valence-electron chi connectivity index (χ1n) is 6.54. The van der Waals surface area contributed by atoms with Crippen LogP contribution in [0.5, 0.6) is 0 Å². The fourth-order valence-corrected chi connectivity index (χ4v) is 2.29. The molecule has 3 N–H and O–H groups in total. The summed E-state index contributed by atoms with van der Waals surface area (Å²) in [6.07, 6.45) is 1.93. The molecule has 0 heterocycles. The lowest BCUT2D eigenvalue weighted by molar-refractivity contribution is 0.626. The molecule has 0 bridgehead atoms. The quantitative estimate of drug-likeness (QED) is 0.631. The summed E-state index contributed by atoms with van der Waals surface area (Å²) >= 11 is 4.89. The van der Waals surface area contributed by atoms with E-state index in [2.05, 4.69) is 17.4 Å². The number of thiocarbonyl (C=S) groups is 1. The van der Waals surface area contributed by atoms with Gasteiger partial charge in [0.05, 0.1) is 5.56 Å². The number of nitrogens with two attached hydrogens (primary N) is 1. The van der Waals surface area contributed by atoms with Crippen molar-refractivity contribution in [2.45, 2.75) is 12.8 Å². The van der Waals surface area contributed by atoms with Crippen molar-refractivity contribution in [1.29, 1.82) is 0 Å². The van der Waals surface area contributed by atoms with Crippen LogP contribution in [0, 0.1) is 5.82 Å². The van der Waals surface area contributed by atoms with Crippen LogP contribution in [0.2, 0.25) is 0 Å². The van der Waals surface area contributed by atoms with E-state index < -0.39 is 0 Å². The van der Waals surface area contributed by atoms with Crippen molar-refractivity contribution in [2.75, 3.05) is 11.9 Å². The molecule has 20 heavy (non-hydrogen) atoms. The number of hydrogen-bond donors (Lipinski definition) is 2. The fourth-order valence-electron chi connectivity index (χ4n) is 2.08. The second-order valence-corrected chi connectivity index (χ2v) is 4.98. The average molecular weight is 288 g/mol. The summed E-state index contributed by atoms with van der Waals surface area (Å²) in [5.74, 6) is -0.384. The normalized spacial score (nSPS) is 10.2. The molecule has 0 aliphatic heterocycles. The second kappa shape index (κ2) is 7.01. The van der Waals surface area contributed by atoms with E-state index in [4.69, 9.17) is 18.0 Å². The molecular weight excluding hydrogens is 271 g/mol. The van der Waals surface area contributed by atoms with Crippen molar-refractivity contribution in [2.24, 2.45) is 5.73 Å². The van der Waals surface area contributed by atoms with Gasteiger partial charge in [-0.3, -0.25) is 0 Å². The number of hydrogen-bond acceptors (Lipinski definition) is 2. The smallest absolute Gasteiger partial charge is 0.135 e. The summed E-state index contributed by atoms with van der Waals surface area (Å²) in [5, 5.41) is 3.20. The number of benzene rings is 2. The predicted octanol–water partition coefficient (Wildman–Crippen LogP) is 3.50. The van der Waals surface area contributed by atoms with Gasteiger partial charge in [0.2, 0.25) is 0 Å². The summed E-state index contributed by atoms with van der Waals surface area (Å²) in [5.41, 5.74) is 7.81. The largest absolute Gasteiger partial charge is 0.389 e. The van der Waals surface area contributed by atoms with Crippen molar-refractivity contribution in [3.63, 3.8) is 0 Å². The molecule has 4 heteroatoms. The van der Waals surface area contributed by atoms with Crippen molar-refractivity contribution < 1.29 is 4.39 Å². The molecule has 0 aliphatic carbocycles. The van der Waals surface area contributed by atoms with Crippen molar-refractivity contribution >= 4 is 22.9 Å². The van der Waals surface area contributed by atoms with Gasteiger partial charge in [0.15, 0.2) is 0 Å². The first-order chi connectivity index (χ1) is 9.68. The highest BCUT2D eigenvalue weighted by Crippen LogP contribution is 2.19. The Morgan fingerprint density at radius 3 is 2.55 bits per heavy atom. The first kappa shape index (κ1) is 14.5. The van der Waals surface area contributed by atoms with E-state index in [1.54, 1.807) is 12.1 Å². The van der Waals surface area contributed by atoms with Crippen LogP contribution in [0.3, 0.4) is 0 Å². The molecule has 0 amide bonds. The molecular formula is C16H17FN2S. The molecule has 0 spiro atoms. The van der Waals surface area contributed by atoms with Gasteiger partial charge in [0.1, 0.15) is 10.8 Å². The number of aryl methyl sites for hydroxylation is 1. The number of halogens is 1. The van der Waals surface area contributed by atoms with Gasteiger partial charge in [-0.25, -0.2) is 4.39 Å². The molecule has 0 radical (unpaired) electrons. The van der Waals surface area contributed by atoms with Gasteiger partial charge in [-0.05, 0) is 30.5 Å². The van der Waals surface area contributed by atoms with Crippen molar-refractivity contribution in [3.8, 4) is 0 Å². The summed E-state index contributed by atoms with van der Waals surface area (Å²) in [7, 11) is 0.